The van der Waals surface area contributed by atoms with Crippen LogP contribution in [0, 0.1) is 0 Å². The summed E-state index contributed by atoms with van der Waals surface area (Å²) in [7, 11) is 0. The number of nitrogens with zero attached hydrogens (tertiary/aromatic N) is 1. The minimum Gasteiger partial charge on any atom is -0.381 e. The first-order chi connectivity index (χ1) is 7.70. The highest BCUT2D eigenvalue weighted by molar-refractivity contribution is 5.79. The molecule has 0 bridgehead atoms. The van der Waals surface area contributed by atoms with E-state index < -0.39 is 0 Å². The van der Waals surface area contributed by atoms with E-state index in [1.807, 2.05) is 0 Å². The van der Waals surface area contributed by atoms with Crippen LogP contribution in [0.1, 0.15) is 39.5 Å². The fourth-order valence-electron chi connectivity index (χ4n) is 1.70. The predicted octanol–water partition coefficient (Wildman–Crippen LogP) is 0.764. The highest BCUT2D eigenvalue weighted by atomic mass is 16.5. The Hall–Kier alpha value is -0.810. The van der Waals surface area contributed by atoms with Crippen molar-refractivity contribution in [3.05, 3.63) is 0 Å². The minimum atomic E-state index is 0.0513. The van der Waals surface area contributed by atoms with Crippen molar-refractivity contribution in [1.29, 1.82) is 0 Å². The maximum atomic E-state index is 5.46. The van der Waals surface area contributed by atoms with E-state index >= 15 is 0 Å². The van der Waals surface area contributed by atoms with E-state index in [0.29, 0.717) is 5.96 Å². The number of nitrogens with one attached hydrogen (secondary N) is 2. The molecule has 0 spiro atoms. The Morgan fingerprint density at radius 2 is 2.12 bits per heavy atom. The first-order valence-corrected chi connectivity index (χ1v) is 6.07. The van der Waals surface area contributed by atoms with Crippen molar-refractivity contribution in [2.75, 3.05) is 19.8 Å². The van der Waals surface area contributed by atoms with Gasteiger partial charge in [0.1, 0.15) is 0 Å². The molecule has 0 aliphatic carbocycles. The third-order valence-electron chi connectivity index (χ3n) is 2.93. The van der Waals surface area contributed by atoms with Crippen molar-refractivity contribution in [1.82, 2.24) is 10.7 Å². The number of rotatable bonds is 4. The van der Waals surface area contributed by atoms with Gasteiger partial charge in [0.25, 0.3) is 0 Å². The maximum absolute atomic E-state index is 5.46. The van der Waals surface area contributed by atoms with Gasteiger partial charge in [-0.05, 0) is 26.2 Å². The summed E-state index contributed by atoms with van der Waals surface area (Å²) < 4.78 is 5.35. The Morgan fingerprint density at radius 3 is 2.69 bits per heavy atom. The average Bonchev–Trinajstić information content (AvgIpc) is 2.29. The normalized spacial score (nSPS) is 20.6. The van der Waals surface area contributed by atoms with Gasteiger partial charge in [-0.1, -0.05) is 13.3 Å². The summed E-state index contributed by atoms with van der Waals surface area (Å²) in [6.45, 7) is 6.75. The number of hydrogen-bond acceptors (Lipinski definition) is 3. The number of ether oxygens (including phenoxy) is 1. The van der Waals surface area contributed by atoms with E-state index in [1.165, 1.54) is 0 Å². The Morgan fingerprint density at radius 1 is 1.44 bits per heavy atom. The number of guanidine groups is 1. The fraction of sp³-hybridized carbons (Fsp3) is 0.909. The lowest BCUT2D eigenvalue weighted by molar-refractivity contribution is 0.0521. The van der Waals surface area contributed by atoms with Crippen LogP contribution >= 0.6 is 0 Å². The third kappa shape index (κ3) is 4.37. The van der Waals surface area contributed by atoms with Gasteiger partial charge in [-0.3, -0.25) is 10.4 Å². The summed E-state index contributed by atoms with van der Waals surface area (Å²) >= 11 is 0. The molecular formula is C11H24N4O. The average molecular weight is 228 g/mol. The lowest BCUT2D eigenvalue weighted by Crippen LogP contribution is -2.55. The van der Waals surface area contributed by atoms with E-state index in [9.17, 15) is 0 Å². The van der Waals surface area contributed by atoms with Crippen LogP contribution in [-0.4, -0.2) is 31.3 Å². The zero-order valence-corrected chi connectivity index (χ0v) is 10.4. The molecule has 0 aromatic heterocycles. The van der Waals surface area contributed by atoms with Crippen LogP contribution in [0.15, 0.2) is 4.99 Å². The van der Waals surface area contributed by atoms with Gasteiger partial charge < -0.3 is 10.1 Å². The van der Waals surface area contributed by atoms with Crippen LogP contribution < -0.4 is 16.6 Å². The Kier molecular flexibility index (Phi) is 5.55. The molecule has 5 nitrogen and oxygen atoms in total. The fourth-order valence-corrected chi connectivity index (χ4v) is 1.70. The van der Waals surface area contributed by atoms with Gasteiger partial charge >= 0.3 is 0 Å². The zero-order valence-electron chi connectivity index (χ0n) is 10.4. The summed E-state index contributed by atoms with van der Waals surface area (Å²) in [6, 6.07) is 0. The molecule has 4 N–H and O–H groups in total. The number of nitrogens with two attached hydrogens (primary N) is 1. The van der Waals surface area contributed by atoms with E-state index in [4.69, 9.17) is 10.6 Å². The SMILES string of the molecule is CCCCN=C(NN)NC1(C)CCOCC1. The molecule has 1 rings (SSSR count). The van der Waals surface area contributed by atoms with Gasteiger partial charge in [-0.15, -0.1) is 0 Å². The van der Waals surface area contributed by atoms with Gasteiger partial charge in [-0.25, -0.2) is 5.84 Å². The largest absolute Gasteiger partial charge is 0.381 e. The molecule has 0 saturated carbocycles. The molecule has 0 amide bonds. The monoisotopic (exact) mass is 228 g/mol. The standard InChI is InChI=1S/C11H24N4O/c1-3-4-7-13-10(15-12)14-11(2)5-8-16-9-6-11/h3-9,12H2,1-2H3,(H2,13,14,15). The van der Waals surface area contributed by atoms with Gasteiger partial charge in [0, 0.05) is 25.3 Å². The van der Waals surface area contributed by atoms with Gasteiger partial charge in [-0.2, -0.15) is 0 Å². The highest BCUT2D eigenvalue weighted by Crippen LogP contribution is 2.19. The molecule has 0 aromatic carbocycles. The molecule has 1 aliphatic heterocycles. The Labute approximate surface area is 97.8 Å². The first kappa shape index (κ1) is 13.3. The van der Waals surface area contributed by atoms with Crippen LogP contribution in [0.3, 0.4) is 0 Å². The number of hydrogen-bond donors (Lipinski definition) is 3. The summed E-state index contributed by atoms with van der Waals surface area (Å²) in [5.74, 6) is 6.15. The van der Waals surface area contributed by atoms with Crippen LogP contribution in [0.4, 0.5) is 0 Å². The van der Waals surface area contributed by atoms with E-state index in [2.05, 4.69) is 29.6 Å². The molecule has 0 atom stereocenters. The van der Waals surface area contributed by atoms with Crippen molar-refractivity contribution < 1.29 is 4.74 Å². The van der Waals surface area contributed by atoms with Crippen LogP contribution in [0.2, 0.25) is 0 Å². The second-order valence-electron chi connectivity index (χ2n) is 4.53. The number of unbranched alkanes of at least 4 members (excludes halogenated alkanes) is 1. The summed E-state index contributed by atoms with van der Waals surface area (Å²) in [5.41, 5.74) is 2.68. The molecule has 1 aliphatic rings. The second kappa shape index (κ2) is 6.70. The maximum Gasteiger partial charge on any atom is 0.206 e. The number of aliphatic imine (C=N–C) groups is 1. The molecule has 0 radical (unpaired) electrons. The molecule has 16 heavy (non-hydrogen) atoms. The molecule has 1 fully saturated rings. The van der Waals surface area contributed by atoms with Crippen molar-refractivity contribution >= 4 is 5.96 Å². The third-order valence-corrected chi connectivity index (χ3v) is 2.93. The molecular weight excluding hydrogens is 204 g/mol. The summed E-state index contributed by atoms with van der Waals surface area (Å²) in [6.07, 6.45) is 4.21. The quantitative estimate of drug-likeness (QED) is 0.218. The van der Waals surface area contributed by atoms with Crippen LogP contribution in [0.5, 0.6) is 0 Å². The molecule has 94 valence electrons. The van der Waals surface area contributed by atoms with Crippen molar-refractivity contribution in [3.8, 4) is 0 Å². The molecule has 5 heteroatoms. The smallest absolute Gasteiger partial charge is 0.206 e. The van der Waals surface area contributed by atoms with Crippen LogP contribution in [0.25, 0.3) is 0 Å². The number of hydrazine groups is 1. The zero-order chi connectivity index (χ0) is 11.9. The highest BCUT2D eigenvalue weighted by Gasteiger charge is 2.27. The van der Waals surface area contributed by atoms with Crippen molar-refractivity contribution in [2.45, 2.75) is 45.1 Å². The van der Waals surface area contributed by atoms with Crippen molar-refractivity contribution in [3.63, 3.8) is 0 Å². The van der Waals surface area contributed by atoms with Crippen molar-refractivity contribution in [2.24, 2.45) is 10.8 Å². The lowest BCUT2D eigenvalue weighted by Gasteiger charge is -2.35. The van der Waals surface area contributed by atoms with Crippen LogP contribution in [-0.2, 0) is 4.74 Å². The summed E-state index contributed by atoms with van der Waals surface area (Å²) in [4.78, 5) is 4.40. The Balaban J connectivity index is 2.44. The van der Waals surface area contributed by atoms with Gasteiger partial charge in [0.15, 0.2) is 0 Å². The minimum absolute atomic E-state index is 0.0513. The molecule has 1 saturated heterocycles. The molecule has 0 unspecified atom stereocenters. The van der Waals surface area contributed by atoms with Gasteiger partial charge in [0.2, 0.25) is 5.96 Å². The lowest BCUT2D eigenvalue weighted by atomic mass is 9.93. The predicted molar refractivity (Wildman–Crippen MR) is 66.1 cm³/mol. The van der Waals surface area contributed by atoms with E-state index in [1.54, 1.807) is 0 Å². The van der Waals surface area contributed by atoms with E-state index in [-0.39, 0.29) is 5.54 Å². The Bertz CT molecular complexity index is 224. The second-order valence-corrected chi connectivity index (χ2v) is 4.53. The molecule has 1 heterocycles. The first-order valence-electron chi connectivity index (χ1n) is 6.07. The van der Waals surface area contributed by atoms with E-state index in [0.717, 1.165) is 45.4 Å². The topological polar surface area (TPSA) is 71.7 Å². The van der Waals surface area contributed by atoms with Gasteiger partial charge in [0.05, 0.1) is 0 Å². The summed E-state index contributed by atoms with van der Waals surface area (Å²) in [5, 5.41) is 3.37. The molecule has 0 aromatic rings.